The Labute approximate surface area is 107 Å². The van der Waals surface area contributed by atoms with E-state index in [-0.39, 0.29) is 5.91 Å². The molecule has 0 atom stereocenters. The van der Waals surface area contributed by atoms with Gasteiger partial charge in [0.2, 0.25) is 0 Å². The Morgan fingerprint density at radius 2 is 1.83 bits per heavy atom. The molecule has 18 heavy (non-hydrogen) atoms. The largest absolute Gasteiger partial charge is 0.333 e. The number of pyridine rings is 1. The molecule has 0 radical (unpaired) electrons. The topological polar surface area (TPSA) is 33.2 Å². The first-order valence-corrected chi connectivity index (χ1v) is 6.05. The minimum absolute atomic E-state index is 0.0451. The Morgan fingerprint density at radius 3 is 2.44 bits per heavy atom. The van der Waals surface area contributed by atoms with Crippen molar-refractivity contribution in [2.75, 3.05) is 6.54 Å². The van der Waals surface area contributed by atoms with E-state index in [0.717, 1.165) is 11.3 Å². The minimum Gasteiger partial charge on any atom is -0.333 e. The quantitative estimate of drug-likeness (QED) is 0.823. The summed E-state index contributed by atoms with van der Waals surface area (Å²) in [5.74, 6) is 0.0451. The number of hydrogen-bond acceptors (Lipinski definition) is 2. The zero-order chi connectivity index (χ0) is 12.8. The Hall–Kier alpha value is -2.16. The van der Waals surface area contributed by atoms with Crippen LogP contribution in [0.2, 0.25) is 0 Å². The second-order valence-corrected chi connectivity index (χ2v) is 4.01. The highest BCUT2D eigenvalue weighted by Crippen LogP contribution is 2.08. The van der Waals surface area contributed by atoms with E-state index in [2.05, 4.69) is 4.98 Å². The fourth-order valence-electron chi connectivity index (χ4n) is 1.78. The average molecular weight is 240 g/mol. The van der Waals surface area contributed by atoms with Gasteiger partial charge in [-0.2, -0.15) is 0 Å². The molecule has 3 nitrogen and oxygen atoms in total. The van der Waals surface area contributed by atoms with Crippen molar-refractivity contribution >= 4 is 5.91 Å². The first kappa shape index (κ1) is 12.3. The van der Waals surface area contributed by atoms with Gasteiger partial charge in [-0.25, -0.2) is 0 Å². The molecule has 92 valence electrons. The van der Waals surface area contributed by atoms with Gasteiger partial charge in [-0.3, -0.25) is 9.78 Å². The normalized spacial score (nSPS) is 10.1. The summed E-state index contributed by atoms with van der Waals surface area (Å²) in [5, 5.41) is 0. The molecule has 0 aliphatic rings. The van der Waals surface area contributed by atoms with Gasteiger partial charge in [-0.1, -0.05) is 24.3 Å². The molecule has 0 aliphatic heterocycles. The SMILES string of the molecule is CCN(Cc1ccccn1)C(=O)c1ccccc1. The van der Waals surface area contributed by atoms with Gasteiger partial charge in [0.05, 0.1) is 12.2 Å². The van der Waals surface area contributed by atoms with E-state index < -0.39 is 0 Å². The summed E-state index contributed by atoms with van der Waals surface area (Å²) >= 11 is 0. The zero-order valence-electron chi connectivity index (χ0n) is 10.4. The summed E-state index contributed by atoms with van der Waals surface area (Å²) in [7, 11) is 0. The summed E-state index contributed by atoms with van der Waals surface area (Å²) in [4.78, 5) is 18.3. The van der Waals surface area contributed by atoms with Crippen molar-refractivity contribution in [1.82, 2.24) is 9.88 Å². The molecule has 0 saturated carbocycles. The molecule has 2 aromatic rings. The molecule has 0 spiro atoms. The molecular formula is C15H16N2O. The van der Waals surface area contributed by atoms with Crippen LogP contribution >= 0.6 is 0 Å². The van der Waals surface area contributed by atoms with E-state index in [0.29, 0.717) is 13.1 Å². The molecular weight excluding hydrogens is 224 g/mol. The van der Waals surface area contributed by atoms with Crippen molar-refractivity contribution in [3.8, 4) is 0 Å². The maximum Gasteiger partial charge on any atom is 0.254 e. The van der Waals surface area contributed by atoms with Gasteiger partial charge in [0.25, 0.3) is 5.91 Å². The Balaban J connectivity index is 2.12. The highest BCUT2D eigenvalue weighted by atomic mass is 16.2. The molecule has 1 aromatic carbocycles. The summed E-state index contributed by atoms with van der Waals surface area (Å²) < 4.78 is 0. The van der Waals surface area contributed by atoms with Crippen LogP contribution in [0.1, 0.15) is 23.0 Å². The lowest BCUT2D eigenvalue weighted by atomic mass is 10.2. The van der Waals surface area contributed by atoms with E-state index in [1.807, 2.05) is 55.5 Å². The zero-order valence-corrected chi connectivity index (χ0v) is 10.4. The van der Waals surface area contributed by atoms with Crippen molar-refractivity contribution in [1.29, 1.82) is 0 Å². The molecule has 0 aliphatic carbocycles. The first-order valence-electron chi connectivity index (χ1n) is 6.05. The minimum atomic E-state index is 0.0451. The van der Waals surface area contributed by atoms with Crippen LogP contribution in [0, 0.1) is 0 Å². The van der Waals surface area contributed by atoms with Gasteiger partial charge in [0, 0.05) is 18.3 Å². The Kier molecular flexibility index (Phi) is 4.07. The number of amides is 1. The number of nitrogens with zero attached hydrogens (tertiary/aromatic N) is 2. The van der Waals surface area contributed by atoms with Crippen LogP contribution in [-0.4, -0.2) is 22.3 Å². The lowest BCUT2D eigenvalue weighted by molar-refractivity contribution is 0.0750. The van der Waals surface area contributed by atoms with E-state index in [1.54, 1.807) is 11.1 Å². The van der Waals surface area contributed by atoms with Crippen LogP contribution in [0.5, 0.6) is 0 Å². The van der Waals surface area contributed by atoms with E-state index in [1.165, 1.54) is 0 Å². The van der Waals surface area contributed by atoms with Gasteiger partial charge in [0.1, 0.15) is 0 Å². The monoisotopic (exact) mass is 240 g/mol. The fraction of sp³-hybridized carbons (Fsp3) is 0.200. The van der Waals surface area contributed by atoms with Crippen LogP contribution in [0.3, 0.4) is 0 Å². The molecule has 0 fully saturated rings. The smallest absolute Gasteiger partial charge is 0.254 e. The van der Waals surface area contributed by atoms with Gasteiger partial charge in [0.15, 0.2) is 0 Å². The van der Waals surface area contributed by atoms with Crippen molar-refractivity contribution in [3.05, 3.63) is 66.0 Å². The molecule has 0 N–H and O–H groups in total. The fourth-order valence-corrected chi connectivity index (χ4v) is 1.78. The van der Waals surface area contributed by atoms with Gasteiger partial charge in [-0.15, -0.1) is 0 Å². The number of carbonyl (C=O) groups excluding carboxylic acids is 1. The standard InChI is InChI=1S/C15H16N2O/c1-2-17(12-14-10-6-7-11-16-14)15(18)13-8-4-3-5-9-13/h3-11H,2,12H2,1H3. The van der Waals surface area contributed by atoms with E-state index in [9.17, 15) is 4.79 Å². The second-order valence-electron chi connectivity index (χ2n) is 4.01. The maximum absolute atomic E-state index is 12.3. The number of rotatable bonds is 4. The number of aromatic nitrogens is 1. The summed E-state index contributed by atoms with van der Waals surface area (Å²) in [6.07, 6.45) is 1.75. The van der Waals surface area contributed by atoms with Crippen LogP contribution in [-0.2, 0) is 6.54 Å². The number of carbonyl (C=O) groups is 1. The third-order valence-corrected chi connectivity index (χ3v) is 2.77. The number of hydrogen-bond donors (Lipinski definition) is 0. The molecule has 3 heteroatoms. The van der Waals surface area contributed by atoms with E-state index >= 15 is 0 Å². The van der Waals surface area contributed by atoms with Crippen molar-refractivity contribution in [2.24, 2.45) is 0 Å². The molecule has 0 unspecified atom stereocenters. The average Bonchev–Trinajstić information content (AvgIpc) is 2.46. The van der Waals surface area contributed by atoms with Gasteiger partial charge >= 0.3 is 0 Å². The molecule has 0 bridgehead atoms. The van der Waals surface area contributed by atoms with Crippen LogP contribution in [0.4, 0.5) is 0 Å². The van der Waals surface area contributed by atoms with Gasteiger partial charge < -0.3 is 4.90 Å². The van der Waals surface area contributed by atoms with Gasteiger partial charge in [-0.05, 0) is 31.2 Å². The Bertz CT molecular complexity index is 496. The third-order valence-electron chi connectivity index (χ3n) is 2.77. The van der Waals surface area contributed by atoms with Crippen LogP contribution in [0.25, 0.3) is 0 Å². The molecule has 1 aromatic heterocycles. The maximum atomic E-state index is 12.3. The second kappa shape index (κ2) is 5.96. The molecule has 2 rings (SSSR count). The third kappa shape index (κ3) is 2.94. The molecule has 1 heterocycles. The highest BCUT2D eigenvalue weighted by molar-refractivity contribution is 5.94. The predicted molar refractivity (Wildman–Crippen MR) is 71.1 cm³/mol. The van der Waals surface area contributed by atoms with Crippen molar-refractivity contribution in [3.63, 3.8) is 0 Å². The summed E-state index contributed by atoms with van der Waals surface area (Å²) in [6.45, 7) is 3.19. The summed E-state index contributed by atoms with van der Waals surface area (Å²) in [6, 6.07) is 15.1. The van der Waals surface area contributed by atoms with E-state index in [4.69, 9.17) is 0 Å². The molecule has 0 saturated heterocycles. The highest BCUT2D eigenvalue weighted by Gasteiger charge is 2.14. The first-order chi connectivity index (χ1) is 8.81. The van der Waals surface area contributed by atoms with Crippen molar-refractivity contribution in [2.45, 2.75) is 13.5 Å². The lowest BCUT2D eigenvalue weighted by Gasteiger charge is -2.20. The van der Waals surface area contributed by atoms with Crippen molar-refractivity contribution < 1.29 is 4.79 Å². The Morgan fingerprint density at radius 1 is 1.11 bits per heavy atom. The summed E-state index contributed by atoms with van der Waals surface area (Å²) in [5.41, 5.74) is 1.62. The number of benzene rings is 1. The molecule has 1 amide bonds. The lowest BCUT2D eigenvalue weighted by Crippen LogP contribution is -2.30. The predicted octanol–water partition coefficient (Wildman–Crippen LogP) is 2.74. The van der Waals surface area contributed by atoms with Crippen LogP contribution < -0.4 is 0 Å². The van der Waals surface area contributed by atoms with Crippen LogP contribution in [0.15, 0.2) is 54.7 Å².